The Morgan fingerprint density at radius 1 is 0.800 bits per heavy atom. The van der Waals surface area contributed by atoms with Crippen LogP contribution in [0.2, 0.25) is 10.0 Å². The molecule has 0 atom stereocenters. The SMILES string of the molecule is O=C(CCCSc1nnc(Cc2ccccc2)n1-c1ccc(Cl)c(Cl)c1)NC(c1ccccc1)c1ccccc1. The van der Waals surface area contributed by atoms with E-state index in [1.165, 1.54) is 0 Å². The Morgan fingerprint density at radius 2 is 1.43 bits per heavy atom. The van der Waals surface area contributed by atoms with E-state index >= 15 is 0 Å². The van der Waals surface area contributed by atoms with Gasteiger partial charge in [-0.2, -0.15) is 0 Å². The Labute approximate surface area is 248 Å². The van der Waals surface area contributed by atoms with Gasteiger partial charge in [0.25, 0.3) is 0 Å². The fourth-order valence-electron chi connectivity index (χ4n) is 4.45. The van der Waals surface area contributed by atoms with Crippen molar-refractivity contribution in [2.45, 2.75) is 30.5 Å². The van der Waals surface area contributed by atoms with Crippen LogP contribution in [0.5, 0.6) is 0 Å². The lowest BCUT2D eigenvalue weighted by molar-refractivity contribution is -0.121. The highest BCUT2D eigenvalue weighted by Gasteiger charge is 2.18. The van der Waals surface area contributed by atoms with Crippen molar-refractivity contribution in [1.82, 2.24) is 20.1 Å². The number of aromatic nitrogens is 3. The van der Waals surface area contributed by atoms with Gasteiger partial charge in [0, 0.05) is 18.6 Å². The Kier molecular flexibility index (Phi) is 9.55. The summed E-state index contributed by atoms with van der Waals surface area (Å²) in [5.74, 6) is 1.52. The lowest BCUT2D eigenvalue weighted by Gasteiger charge is -2.20. The number of halogens is 2. The van der Waals surface area contributed by atoms with Crippen molar-refractivity contribution in [3.63, 3.8) is 0 Å². The number of carbonyl (C=O) groups is 1. The van der Waals surface area contributed by atoms with Gasteiger partial charge in [0.15, 0.2) is 5.16 Å². The van der Waals surface area contributed by atoms with Gasteiger partial charge in [0.2, 0.25) is 5.91 Å². The van der Waals surface area contributed by atoms with E-state index in [0.717, 1.165) is 33.4 Å². The third kappa shape index (κ3) is 7.13. The maximum atomic E-state index is 13.0. The second kappa shape index (κ2) is 13.7. The molecule has 0 aliphatic rings. The number of thioether (sulfide) groups is 1. The fraction of sp³-hybridized carbons (Fsp3) is 0.156. The van der Waals surface area contributed by atoms with E-state index in [0.29, 0.717) is 35.1 Å². The van der Waals surface area contributed by atoms with Crippen LogP contribution >= 0.6 is 35.0 Å². The van der Waals surface area contributed by atoms with Gasteiger partial charge in [-0.15, -0.1) is 10.2 Å². The molecular weight excluding hydrogens is 559 g/mol. The number of hydrogen-bond acceptors (Lipinski definition) is 4. The van der Waals surface area contributed by atoms with Crippen molar-refractivity contribution in [3.05, 3.63) is 142 Å². The maximum absolute atomic E-state index is 13.0. The van der Waals surface area contributed by atoms with Gasteiger partial charge in [-0.3, -0.25) is 9.36 Å². The second-order valence-electron chi connectivity index (χ2n) is 9.27. The van der Waals surface area contributed by atoms with Crippen LogP contribution in [0.4, 0.5) is 0 Å². The molecule has 1 aromatic heterocycles. The molecule has 1 N–H and O–H groups in total. The lowest BCUT2D eigenvalue weighted by Crippen LogP contribution is -2.29. The normalized spacial score (nSPS) is 11.1. The molecule has 8 heteroatoms. The summed E-state index contributed by atoms with van der Waals surface area (Å²) in [6.45, 7) is 0. The van der Waals surface area contributed by atoms with E-state index in [2.05, 4.69) is 27.6 Å². The molecule has 1 heterocycles. The standard InChI is InChI=1S/C32H28Cl2N4OS/c33-27-19-18-26(22-28(27)34)38-29(21-23-11-4-1-5-12-23)36-37-32(38)40-20-10-17-30(39)35-31(24-13-6-2-7-14-24)25-15-8-3-9-16-25/h1-9,11-16,18-19,22,31H,10,17,20-21H2,(H,35,39). The zero-order valence-electron chi connectivity index (χ0n) is 21.7. The zero-order valence-corrected chi connectivity index (χ0v) is 24.0. The van der Waals surface area contributed by atoms with Crippen LogP contribution in [-0.2, 0) is 11.2 Å². The van der Waals surface area contributed by atoms with Crippen molar-refractivity contribution in [1.29, 1.82) is 0 Å². The molecule has 0 radical (unpaired) electrons. The molecule has 0 fully saturated rings. The van der Waals surface area contributed by atoms with Crippen LogP contribution < -0.4 is 5.32 Å². The monoisotopic (exact) mass is 586 g/mol. The van der Waals surface area contributed by atoms with Crippen LogP contribution in [0.25, 0.3) is 5.69 Å². The van der Waals surface area contributed by atoms with Gasteiger partial charge < -0.3 is 5.32 Å². The molecule has 0 saturated heterocycles. The molecule has 40 heavy (non-hydrogen) atoms. The van der Waals surface area contributed by atoms with Crippen LogP contribution in [0.15, 0.2) is 114 Å². The third-order valence-electron chi connectivity index (χ3n) is 6.42. The van der Waals surface area contributed by atoms with Gasteiger partial charge in [-0.05, 0) is 41.3 Å². The van der Waals surface area contributed by atoms with Gasteiger partial charge in [0.05, 0.1) is 21.8 Å². The molecule has 0 bridgehead atoms. The lowest BCUT2D eigenvalue weighted by atomic mass is 9.98. The summed E-state index contributed by atoms with van der Waals surface area (Å²) in [7, 11) is 0. The minimum atomic E-state index is -0.194. The molecule has 4 aromatic carbocycles. The number of benzene rings is 4. The Bertz CT molecular complexity index is 1510. The van der Waals surface area contributed by atoms with E-state index in [9.17, 15) is 4.79 Å². The van der Waals surface area contributed by atoms with E-state index in [-0.39, 0.29) is 11.9 Å². The predicted octanol–water partition coefficient (Wildman–Crippen LogP) is 7.94. The molecule has 0 unspecified atom stereocenters. The van der Waals surface area contributed by atoms with Crippen LogP contribution in [0.3, 0.4) is 0 Å². The number of nitrogens with one attached hydrogen (secondary N) is 1. The van der Waals surface area contributed by atoms with Crippen molar-refractivity contribution < 1.29 is 4.79 Å². The number of rotatable bonds is 11. The molecule has 0 aliphatic carbocycles. The van der Waals surface area contributed by atoms with Crippen LogP contribution in [-0.4, -0.2) is 26.4 Å². The smallest absolute Gasteiger partial charge is 0.220 e. The molecule has 0 aliphatic heterocycles. The Morgan fingerprint density at radius 3 is 2.05 bits per heavy atom. The third-order valence-corrected chi connectivity index (χ3v) is 8.17. The minimum Gasteiger partial charge on any atom is -0.345 e. The highest BCUT2D eigenvalue weighted by molar-refractivity contribution is 7.99. The summed E-state index contributed by atoms with van der Waals surface area (Å²) in [5, 5.41) is 13.9. The fourth-order valence-corrected chi connectivity index (χ4v) is 5.65. The minimum absolute atomic E-state index is 0.00835. The van der Waals surface area contributed by atoms with Crippen molar-refractivity contribution in [2.24, 2.45) is 0 Å². The molecule has 202 valence electrons. The van der Waals surface area contributed by atoms with Gasteiger partial charge in [-0.1, -0.05) is 126 Å². The summed E-state index contributed by atoms with van der Waals surface area (Å²) in [6.07, 6.45) is 1.72. The molecule has 5 nitrogen and oxygen atoms in total. The largest absolute Gasteiger partial charge is 0.345 e. The van der Waals surface area contributed by atoms with Crippen molar-refractivity contribution in [2.75, 3.05) is 5.75 Å². The highest BCUT2D eigenvalue weighted by Crippen LogP contribution is 2.29. The molecule has 5 aromatic rings. The number of amides is 1. The summed E-state index contributed by atoms with van der Waals surface area (Å²) in [5.41, 5.74) is 4.09. The quantitative estimate of drug-likeness (QED) is 0.126. The van der Waals surface area contributed by atoms with E-state index < -0.39 is 0 Å². The molecular formula is C32H28Cl2N4OS. The average Bonchev–Trinajstić information content (AvgIpc) is 3.39. The summed E-state index contributed by atoms with van der Waals surface area (Å²) in [6, 6.07) is 35.5. The Hall–Kier alpha value is -3.58. The van der Waals surface area contributed by atoms with E-state index in [1.54, 1.807) is 17.8 Å². The second-order valence-corrected chi connectivity index (χ2v) is 11.1. The number of hydrogen-bond donors (Lipinski definition) is 1. The van der Waals surface area contributed by atoms with Gasteiger partial charge >= 0.3 is 0 Å². The first-order valence-corrected chi connectivity index (χ1v) is 14.8. The van der Waals surface area contributed by atoms with Crippen LogP contribution in [0.1, 0.15) is 41.4 Å². The van der Waals surface area contributed by atoms with Crippen molar-refractivity contribution >= 4 is 40.9 Å². The molecule has 0 saturated carbocycles. The maximum Gasteiger partial charge on any atom is 0.220 e. The summed E-state index contributed by atoms with van der Waals surface area (Å²) >= 11 is 14.1. The first-order valence-electron chi connectivity index (χ1n) is 13.0. The predicted molar refractivity (Wildman–Crippen MR) is 163 cm³/mol. The average molecular weight is 588 g/mol. The van der Waals surface area contributed by atoms with Crippen molar-refractivity contribution in [3.8, 4) is 5.69 Å². The number of carbonyl (C=O) groups excluding carboxylic acids is 1. The first-order chi connectivity index (χ1) is 19.6. The highest BCUT2D eigenvalue weighted by atomic mass is 35.5. The van der Waals surface area contributed by atoms with Gasteiger partial charge in [0.1, 0.15) is 5.82 Å². The van der Waals surface area contributed by atoms with E-state index in [4.69, 9.17) is 23.2 Å². The molecule has 5 rings (SSSR count). The summed E-state index contributed by atoms with van der Waals surface area (Å²) in [4.78, 5) is 13.0. The Balaban J connectivity index is 1.26. The van der Waals surface area contributed by atoms with Crippen LogP contribution in [0, 0.1) is 0 Å². The first kappa shape index (κ1) is 28.0. The zero-order chi connectivity index (χ0) is 27.7. The topological polar surface area (TPSA) is 59.8 Å². The van der Waals surface area contributed by atoms with Gasteiger partial charge in [-0.25, -0.2) is 0 Å². The molecule has 1 amide bonds. The molecule has 0 spiro atoms. The van der Waals surface area contributed by atoms with E-state index in [1.807, 2.05) is 95.6 Å². The summed E-state index contributed by atoms with van der Waals surface area (Å²) < 4.78 is 2.01. The number of nitrogens with zero attached hydrogens (tertiary/aromatic N) is 3.